The minimum Gasteiger partial charge on any atom is -0.281 e. The molecular weight excluding hydrogens is 181 g/mol. The predicted octanol–water partition coefficient (Wildman–Crippen LogP) is 2.34. The first-order valence-electron chi connectivity index (χ1n) is 3.17. The van der Waals surface area contributed by atoms with Crippen LogP contribution in [0.15, 0.2) is 0 Å². The van der Waals surface area contributed by atoms with Crippen LogP contribution in [0.3, 0.4) is 0 Å². The minimum atomic E-state index is -4.15. The molecule has 0 amide bonds. The van der Waals surface area contributed by atoms with E-state index in [1.165, 1.54) is 0 Å². The van der Waals surface area contributed by atoms with E-state index in [0.29, 0.717) is 0 Å². The lowest BCUT2D eigenvalue weighted by molar-refractivity contribution is -0.203. The van der Waals surface area contributed by atoms with E-state index in [1.54, 1.807) is 0 Å². The molecule has 0 spiro atoms. The quantitative estimate of drug-likeness (QED) is 0.575. The molecule has 5 heteroatoms. The number of halogens is 4. The van der Waals surface area contributed by atoms with E-state index in [2.05, 4.69) is 0 Å². The van der Waals surface area contributed by atoms with Crippen molar-refractivity contribution in [1.82, 2.24) is 0 Å². The van der Waals surface area contributed by atoms with E-state index in [1.807, 2.05) is 0 Å². The topological polar surface area (TPSA) is 17.1 Å². The summed E-state index contributed by atoms with van der Waals surface area (Å²) >= 11 is 4.99. The van der Waals surface area contributed by atoms with E-state index >= 15 is 0 Å². The van der Waals surface area contributed by atoms with E-state index in [0.717, 1.165) is 0 Å². The summed E-state index contributed by atoms with van der Waals surface area (Å²) in [7, 11) is 0. The van der Waals surface area contributed by atoms with Gasteiger partial charge in [-0.05, 0) is 24.4 Å². The van der Waals surface area contributed by atoms with Crippen LogP contribution in [0.5, 0.6) is 0 Å². The second-order valence-electron chi connectivity index (χ2n) is 2.71. The van der Waals surface area contributed by atoms with Gasteiger partial charge in [0.2, 0.25) is 5.24 Å². The summed E-state index contributed by atoms with van der Waals surface area (Å²) in [6.07, 6.45) is -4.42. The SMILES string of the molecule is O=C(Cl)C1CC(C(F)(F)F)C1. The van der Waals surface area contributed by atoms with Crippen LogP contribution in [0, 0.1) is 11.8 Å². The Morgan fingerprint density at radius 3 is 2.09 bits per heavy atom. The summed E-state index contributed by atoms with van der Waals surface area (Å²) in [6, 6.07) is 0. The monoisotopic (exact) mass is 186 g/mol. The van der Waals surface area contributed by atoms with Gasteiger partial charge in [0.05, 0.1) is 5.92 Å². The number of carbonyl (C=O) groups is 1. The van der Waals surface area contributed by atoms with E-state index in [-0.39, 0.29) is 12.8 Å². The van der Waals surface area contributed by atoms with Crippen molar-refractivity contribution in [1.29, 1.82) is 0 Å². The van der Waals surface area contributed by atoms with Gasteiger partial charge in [-0.25, -0.2) is 0 Å². The average molecular weight is 187 g/mol. The van der Waals surface area contributed by atoms with Crippen molar-refractivity contribution in [3.8, 4) is 0 Å². The molecule has 1 aliphatic rings. The summed E-state index contributed by atoms with van der Waals surface area (Å²) in [5.74, 6) is -1.88. The summed E-state index contributed by atoms with van der Waals surface area (Å²) in [6.45, 7) is 0. The molecule has 0 N–H and O–H groups in total. The van der Waals surface area contributed by atoms with Crippen molar-refractivity contribution in [3.05, 3.63) is 0 Å². The zero-order valence-corrected chi connectivity index (χ0v) is 6.24. The maximum absolute atomic E-state index is 11.8. The highest BCUT2D eigenvalue weighted by Gasteiger charge is 2.49. The molecule has 1 rings (SSSR count). The Morgan fingerprint density at radius 2 is 1.82 bits per heavy atom. The molecule has 0 saturated heterocycles. The summed E-state index contributed by atoms with van der Waals surface area (Å²) < 4.78 is 35.3. The lowest BCUT2D eigenvalue weighted by Crippen LogP contribution is -2.37. The third-order valence-electron chi connectivity index (χ3n) is 1.92. The molecule has 1 nitrogen and oxygen atoms in total. The number of carbonyl (C=O) groups excluding carboxylic acids is 1. The molecule has 0 heterocycles. The van der Waals surface area contributed by atoms with Gasteiger partial charge < -0.3 is 0 Å². The molecule has 64 valence electrons. The highest BCUT2D eigenvalue weighted by atomic mass is 35.5. The van der Waals surface area contributed by atoms with Gasteiger partial charge in [0, 0.05) is 5.92 Å². The number of hydrogen-bond donors (Lipinski definition) is 0. The molecule has 0 unspecified atom stereocenters. The maximum Gasteiger partial charge on any atom is 0.391 e. The van der Waals surface area contributed by atoms with Crippen LogP contribution in [0.4, 0.5) is 13.2 Å². The minimum absolute atomic E-state index is 0.133. The Kier molecular flexibility index (Phi) is 2.14. The fraction of sp³-hybridized carbons (Fsp3) is 0.833. The van der Waals surface area contributed by atoms with Gasteiger partial charge in [0.1, 0.15) is 0 Å². The fourth-order valence-corrected chi connectivity index (χ4v) is 1.25. The number of rotatable bonds is 1. The van der Waals surface area contributed by atoms with Gasteiger partial charge in [-0.3, -0.25) is 4.79 Å². The van der Waals surface area contributed by atoms with Gasteiger partial charge in [-0.15, -0.1) is 0 Å². The molecule has 0 bridgehead atoms. The lowest BCUT2D eigenvalue weighted by atomic mass is 9.75. The van der Waals surface area contributed by atoms with E-state index in [9.17, 15) is 18.0 Å². The van der Waals surface area contributed by atoms with Gasteiger partial charge in [-0.2, -0.15) is 13.2 Å². The fourth-order valence-electron chi connectivity index (χ4n) is 1.07. The van der Waals surface area contributed by atoms with Gasteiger partial charge in [-0.1, -0.05) is 0 Å². The van der Waals surface area contributed by atoms with E-state index in [4.69, 9.17) is 11.6 Å². The zero-order chi connectivity index (χ0) is 8.65. The first kappa shape index (κ1) is 8.84. The highest BCUT2D eigenvalue weighted by Crippen LogP contribution is 2.45. The second kappa shape index (κ2) is 2.66. The molecule has 0 atom stereocenters. The molecule has 0 aromatic heterocycles. The zero-order valence-electron chi connectivity index (χ0n) is 5.49. The van der Waals surface area contributed by atoms with Crippen LogP contribution < -0.4 is 0 Å². The van der Waals surface area contributed by atoms with Crippen molar-refractivity contribution in [2.45, 2.75) is 19.0 Å². The van der Waals surface area contributed by atoms with E-state index < -0.39 is 23.3 Å². The van der Waals surface area contributed by atoms with Crippen molar-refractivity contribution >= 4 is 16.8 Å². The molecule has 1 fully saturated rings. The normalized spacial score (nSPS) is 31.3. The average Bonchev–Trinajstić information content (AvgIpc) is 1.51. The summed E-state index contributed by atoms with van der Waals surface area (Å²) in [5, 5.41) is -0.648. The Labute approximate surface area is 66.5 Å². The highest BCUT2D eigenvalue weighted by molar-refractivity contribution is 6.64. The van der Waals surface area contributed by atoms with Crippen LogP contribution in [-0.4, -0.2) is 11.4 Å². The molecular formula is C6H6ClF3O. The first-order chi connectivity index (χ1) is 4.91. The third-order valence-corrected chi connectivity index (χ3v) is 2.23. The second-order valence-corrected chi connectivity index (χ2v) is 3.08. The Morgan fingerprint density at radius 1 is 1.36 bits per heavy atom. The largest absolute Gasteiger partial charge is 0.391 e. The maximum atomic E-state index is 11.8. The van der Waals surface area contributed by atoms with Crippen LogP contribution in [0.1, 0.15) is 12.8 Å². The molecule has 0 aromatic carbocycles. The Hall–Kier alpha value is -0.250. The van der Waals surface area contributed by atoms with Crippen molar-refractivity contribution in [2.24, 2.45) is 11.8 Å². The van der Waals surface area contributed by atoms with Crippen LogP contribution >= 0.6 is 11.6 Å². The molecule has 0 aliphatic heterocycles. The Bertz CT molecular complexity index is 171. The van der Waals surface area contributed by atoms with Crippen molar-refractivity contribution in [2.75, 3.05) is 0 Å². The summed E-state index contributed by atoms with van der Waals surface area (Å²) in [5.41, 5.74) is 0. The predicted molar refractivity (Wildman–Crippen MR) is 33.1 cm³/mol. The van der Waals surface area contributed by atoms with Gasteiger partial charge >= 0.3 is 6.18 Å². The third kappa shape index (κ3) is 1.86. The van der Waals surface area contributed by atoms with Crippen LogP contribution in [-0.2, 0) is 4.79 Å². The standard InChI is InChI=1S/C6H6ClF3O/c7-5(11)3-1-4(2-3)6(8,9)10/h3-4H,1-2H2. The molecule has 0 aromatic rings. The molecule has 1 aliphatic carbocycles. The summed E-state index contributed by atoms with van der Waals surface area (Å²) in [4.78, 5) is 10.3. The number of alkyl halides is 3. The van der Waals surface area contributed by atoms with Crippen LogP contribution in [0.2, 0.25) is 0 Å². The molecule has 0 radical (unpaired) electrons. The Balaban J connectivity index is 2.35. The van der Waals surface area contributed by atoms with Crippen molar-refractivity contribution in [3.63, 3.8) is 0 Å². The lowest BCUT2D eigenvalue weighted by Gasteiger charge is -2.33. The molecule has 11 heavy (non-hydrogen) atoms. The smallest absolute Gasteiger partial charge is 0.281 e. The van der Waals surface area contributed by atoms with Gasteiger partial charge in [0.25, 0.3) is 0 Å². The molecule has 1 saturated carbocycles. The number of hydrogen-bond acceptors (Lipinski definition) is 1. The van der Waals surface area contributed by atoms with Gasteiger partial charge in [0.15, 0.2) is 0 Å². The van der Waals surface area contributed by atoms with Crippen molar-refractivity contribution < 1.29 is 18.0 Å². The van der Waals surface area contributed by atoms with Crippen LogP contribution in [0.25, 0.3) is 0 Å². The first-order valence-corrected chi connectivity index (χ1v) is 3.55.